The highest BCUT2D eigenvalue weighted by Gasteiger charge is 2.34. The van der Waals surface area contributed by atoms with Crippen LogP contribution in [0.3, 0.4) is 0 Å². The van der Waals surface area contributed by atoms with Gasteiger partial charge in [0.05, 0.1) is 20.6 Å². The van der Waals surface area contributed by atoms with Crippen LogP contribution in [0, 0.1) is 13.8 Å². The Morgan fingerprint density at radius 2 is 1.57 bits per heavy atom. The normalized spacial score (nSPS) is 12.1. The van der Waals surface area contributed by atoms with E-state index in [1.165, 1.54) is 23.1 Å². The van der Waals surface area contributed by atoms with Crippen LogP contribution in [-0.2, 0) is 26.2 Å². The quantitative estimate of drug-likeness (QED) is 0.267. The maximum Gasteiger partial charge on any atom is 0.264 e. The number of sulfonamides is 1. The van der Waals surface area contributed by atoms with Crippen LogP contribution in [-0.4, -0.2) is 44.3 Å². The first-order chi connectivity index (χ1) is 18.9. The average Bonchev–Trinajstić information content (AvgIpc) is 2.91. The van der Waals surface area contributed by atoms with Crippen LogP contribution >= 0.6 is 34.8 Å². The summed E-state index contributed by atoms with van der Waals surface area (Å²) in [5.41, 5.74) is 2.40. The van der Waals surface area contributed by atoms with E-state index >= 15 is 0 Å². The predicted octanol–water partition coefficient (Wildman–Crippen LogP) is 6.40. The molecule has 214 valence electrons. The SMILES string of the molecule is CCNC(=O)C(CC)N(Cc1ccc(Cl)c(Cl)c1)C(=O)CN(c1cc(Cl)ccc1C)S(=O)(=O)c1ccc(C)cc1. The lowest BCUT2D eigenvalue weighted by molar-refractivity contribution is -0.140. The summed E-state index contributed by atoms with van der Waals surface area (Å²) in [5.74, 6) is -0.912. The molecule has 0 spiro atoms. The Bertz CT molecular complexity index is 1480. The fourth-order valence-corrected chi connectivity index (χ4v) is 6.21. The Morgan fingerprint density at radius 3 is 2.17 bits per heavy atom. The second-order valence-electron chi connectivity index (χ2n) is 9.34. The van der Waals surface area contributed by atoms with Gasteiger partial charge in [0.15, 0.2) is 0 Å². The number of amides is 2. The van der Waals surface area contributed by atoms with Crippen molar-refractivity contribution in [3.8, 4) is 0 Å². The Morgan fingerprint density at radius 1 is 0.900 bits per heavy atom. The molecule has 3 aromatic rings. The molecule has 0 aliphatic heterocycles. The molecule has 7 nitrogen and oxygen atoms in total. The number of carbonyl (C=O) groups excluding carboxylic acids is 2. The van der Waals surface area contributed by atoms with Crippen LogP contribution in [0.2, 0.25) is 15.1 Å². The molecule has 0 aliphatic carbocycles. The van der Waals surface area contributed by atoms with Gasteiger partial charge in [0.2, 0.25) is 11.8 Å². The standard InChI is InChI=1S/C29H32Cl3N3O4S/c1-5-26(29(37)33-6-2)34(17-21-10-14-24(31)25(32)15-21)28(36)18-35(27-16-22(30)11-9-20(27)4)40(38,39)23-12-7-19(3)8-13-23/h7-16,26H,5-6,17-18H2,1-4H3,(H,33,37). The second kappa shape index (κ2) is 13.7. The van der Waals surface area contributed by atoms with E-state index in [1.54, 1.807) is 63.2 Å². The third-order valence-electron chi connectivity index (χ3n) is 6.40. The van der Waals surface area contributed by atoms with Crippen LogP contribution < -0.4 is 9.62 Å². The zero-order chi connectivity index (χ0) is 29.6. The summed E-state index contributed by atoms with van der Waals surface area (Å²) >= 11 is 18.6. The minimum absolute atomic E-state index is 0.0122. The number of benzene rings is 3. The topological polar surface area (TPSA) is 86.8 Å². The Balaban J connectivity index is 2.11. The molecule has 11 heteroatoms. The molecule has 0 saturated carbocycles. The Labute approximate surface area is 251 Å². The first-order valence-electron chi connectivity index (χ1n) is 12.8. The lowest BCUT2D eigenvalue weighted by Crippen LogP contribution is -2.52. The van der Waals surface area contributed by atoms with Crippen molar-refractivity contribution >= 4 is 62.3 Å². The van der Waals surface area contributed by atoms with Crippen LogP contribution in [0.15, 0.2) is 65.6 Å². The van der Waals surface area contributed by atoms with E-state index in [-0.39, 0.29) is 23.0 Å². The Kier molecular flexibility index (Phi) is 10.9. The van der Waals surface area contributed by atoms with Gasteiger partial charge in [0.1, 0.15) is 12.6 Å². The van der Waals surface area contributed by atoms with Gasteiger partial charge >= 0.3 is 0 Å². The van der Waals surface area contributed by atoms with Crippen molar-refractivity contribution in [1.29, 1.82) is 0 Å². The van der Waals surface area contributed by atoms with Crippen molar-refractivity contribution in [2.24, 2.45) is 0 Å². The predicted molar refractivity (Wildman–Crippen MR) is 162 cm³/mol. The van der Waals surface area contributed by atoms with Gasteiger partial charge in [-0.05, 0) is 74.7 Å². The lowest BCUT2D eigenvalue weighted by atomic mass is 10.1. The van der Waals surface area contributed by atoms with Crippen LogP contribution in [0.1, 0.15) is 37.0 Å². The average molecular weight is 625 g/mol. The van der Waals surface area contributed by atoms with Crippen molar-refractivity contribution in [2.75, 3.05) is 17.4 Å². The number of hydrogen-bond donors (Lipinski definition) is 1. The summed E-state index contributed by atoms with van der Waals surface area (Å²) in [6.07, 6.45) is 0.305. The molecule has 0 heterocycles. The fraction of sp³-hybridized carbons (Fsp3) is 0.310. The number of carbonyl (C=O) groups is 2. The summed E-state index contributed by atoms with van der Waals surface area (Å²) in [5, 5.41) is 3.74. The molecule has 3 rings (SSSR count). The molecule has 0 aliphatic rings. The maximum absolute atomic E-state index is 14.1. The van der Waals surface area contributed by atoms with Crippen LogP contribution in [0.5, 0.6) is 0 Å². The summed E-state index contributed by atoms with van der Waals surface area (Å²) in [6, 6.07) is 15.3. The molecule has 40 heavy (non-hydrogen) atoms. The molecule has 0 radical (unpaired) electrons. The minimum Gasteiger partial charge on any atom is -0.355 e. The van der Waals surface area contributed by atoms with Gasteiger partial charge in [-0.1, -0.05) is 71.6 Å². The molecule has 1 atom stereocenters. The summed E-state index contributed by atoms with van der Waals surface area (Å²) in [4.78, 5) is 28.5. The summed E-state index contributed by atoms with van der Waals surface area (Å²) < 4.78 is 29.0. The van der Waals surface area contributed by atoms with Gasteiger partial charge in [0, 0.05) is 18.1 Å². The number of nitrogens with one attached hydrogen (secondary N) is 1. The number of aryl methyl sites for hydroxylation is 2. The van der Waals surface area contributed by atoms with Crippen molar-refractivity contribution in [3.05, 3.63) is 92.4 Å². The number of halogens is 3. The zero-order valence-electron chi connectivity index (χ0n) is 22.7. The van der Waals surface area contributed by atoms with Gasteiger partial charge in [0.25, 0.3) is 10.0 Å². The van der Waals surface area contributed by atoms with Gasteiger partial charge < -0.3 is 10.2 Å². The van der Waals surface area contributed by atoms with Gasteiger partial charge in [-0.15, -0.1) is 0 Å². The van der Waals surface area contributed by atoms with Crippen molar-refractivity contribution in [2.45, 2.75) is 51.6 Å². The van der Waals surface area contributed by atoms with Gasteiger partial charge in [-0.3, -0.25) is 13.9 Å². The summed E-state index contributed by atoms with van der Waals surface area (Å²) in [6.45, 7) is 6.99. The number of likely N-dealkylation sites (N-methyl/N-ethyl adjacent to an activating group) is 1. The fourth-order valence-electron chi connectivity index (χ4n) is 4.25. The molecule has 1 unspecified atom stereocenters. The minimum atomic E-state index is -4.20. The molecular weight excluding hydrogens is 593 g/mol. The van der Waals surface area contributed by atoms with Gasteiger partial charge in [-0.25, -0.2) is 8.42 Å². The molecule has 1 N–H and O–H groups in total. The van der Waals surface area contributed by atoms with Crippen LogP contribution in [0.25, 0.3) is 0 Å². The van der Waals surface area contributed by atoms with E-state index in [4.69, 9.17) is 34.8 Å². The van der Waals surface area contributed by atoms with Crippen molar-refractivity contribution in [1.82, 2.24) is 10.2 Å². The first-order valence-corrected chi connectivity index (χ1v) is 15.3. The third-order valence-corrected chi connectivity index (χ3v) is 9.15. The van der Waals surface area contributed by atoms with Gasteiger partial charge in [-0.2, -0.15) is 0 Å². The highest BCUT2D eigenvalue weighted by atomic mass is 35.5. The first kappa shape index (κ1) is 31.7. The molecule has 2 amide bonds. The molecule has 0 aromatic heterocycles. The number of nitrogens with zero attached hydrogens (tertiary/aromatic N) is 2. The van der Waals surface area contributed by atoms with Crippen molar-refractivity contribution < 1.29 is 18.0 Å². The van der Waals surface area contributed by atoms with E-state index in [2.05, 4.69) is 5.32 Å². The van der Waals surface area contributed by atoms with E-state index < -0.39 is 28.5 Å². The van der Waals surface area contributed by atoms with E-state index in [0.29, 0.717) is 39.2 Å². The van der Waals surface area contributed by atoms with E-state index in [0.717, 1.165) is 9.87 Å². The zero-order valence-corrected chi connectivity index (χ0v) is 25.8. The third kappa shape index (κ3) is 7.49. The molecule has 0 saturated heterocycles. The second-order valence-corrected chi connectivity index (χ2v) is 12.5. The smallest absolute Gasteiger partial charge is 0.264 e. The van der Waals surface area contributed by atoms with Crippen LogP contribution in [0.4, 0.5) is 5.69 Å². The lowest BCUT2D eigenvalue weighted by Gasteiger charge is -2.33. The highest BCUT2D eigenvalue weighted by Crippen LogP contribution is 2.30. The number of hydrogen-bond acceptors (Lipinski definition) is 4. The van der Waals surface area contributed by atoms with Crippen molar-refractivity contribution in [3.63, 3.8) is 0 Å². The summed E-state index contributed by atoms with van der Waals surface area (Å²) in [7, 11) is -4.20. The molecular formula is C29H32Cl3N3O4S. The largest absolute Gasteiger partial charge is 0.355 e. The monoisotopic (exact) mass is 623 g/mol. The molecule has 0 bridgehead atoms. The maximum atomic E-state index is 14.1. The highest BCUT2D eigenvalue weighted by molar-refractivity contribution is 7.92. The molecule has 3 aromatic carbocycles. The Hall–Kier alpha value is -2.78. The molecule has 0 fully saturated rings. The van der Waals surface area contributed by atoms with E-state index in [1.807, 2.05) is 6.92 Å². The number of anilines is 1. The van der Waals surface area contributed by atoms with E-state index in [9.17, 15) is 18.0 Å². The number of rotatable bonds is 11.